The molecule has 2 amide bonds. The predicted octanol–water partition coefficient (Wildman–Crippen LogP) is 5.57. The monoisotopic (exact) mass is 544 g/mol. The topological polar surface area (TPSA) is 114 Å². The van der Waals surface area contributed by atoms with E-state index in [0.29, 0.717) is 40.1 Å². The minimum Gasteiger partial charge on any atom is -0.355 e. The van der Waals surface area contributed by atoms with Crippen LogP contribution >= 0.6 is 22.9 Å². The molecule has 6 rings (SSSR count). The van der Waals surface area contributed by atoms with Crippen molar-refractivity contribution in [2.24, 2.45) is 11.0 Å². The van der Waals surface area contributed by atoms with Crippen LogP contribution in [-0.2, 0) is 11.3 Å². The summed E-state index contributed by atoms with van der Waals surface area (Å²) in [6.45, 7) is 2.30. The van der Waals surface area contributed by atoms with E-state index in [4.69, 9.17) is 16.1 Å². The second-order valence-corrected chi connectivity index (χ2v) is 10.7. The van der Waals surface area contributed by atoms with Crippen LogP contribution in [0.5, 0.6) is 0 Å². The van der Waals surface area contributed by atoms with Crippen LogP contribution in [0.1, 0.15) is 35.1 Å². The molecule has 3 aromatic heterocycles. The molecule has 1 aliphatic heterocycles. The second-order valence-electron chi connectivity index (χ2n) is 8.98. The van der Waals surface area contributed by atoms with Gasteiger partial charge in [-0.1, -0.05) is 54.0 Å². The Bertz CT molecular complexity index is 1700. The van der Waals surface area contributed by atoms with Crippen LogP contribution in [0.4, 0.5) is 5.69 Å². The fourth-order valence-corrected chi connectivity index (χ4v) is 5.43. The quantitative estimate of drug-likeness (QED) is 0.290. The highest BCUT2D eigenvalue weighted by molar-refractivity contribution is 7.19. The van der Waals surface area contributed by atoms with E-state index in [-0.39, 0.29) is 17.7 Å². The molecular weight excluding hydrogens is 524 g/mol. The van der Waals surface area contributed by atoms with Crippen LogP contribution < -0.4 is 10.7 Å². The van der Waals surface area contributed by atoms with Crippen molar-refractivity contribution in [3.05, 3.63) is 88.0 Å². The number of amides is 2. The van der Waals surface area contributed by atoms with Gasteiger partial charge in [0, 0.05) is 29.5 Å². The van der Waals surface area contributed by atoms with Crippen LogP contribution in [0.15, 0.2) is 76.4 Å². The molecule has 0 aliphatic carbocycles. The number of anilines is 1. The Balaban J connectivity index is 1.22. The molecule has 38 heavy (non-hydrogen) atoms. The average molecular weight is 545 g/mol. The summed E-state index contributed by atoms with van der Waals surface area (Å²) < 4.78 is 7.92. The Labute approximate surface area is 226 Å². The van der Waals surface area contributed by atoms with Crippen LogP contribution in [0, 0.1) is 5.92 Å². The maximum absolute atomic E-state index is 13.3. The molecule has 0 saturated carbocycles. The van der Waals surface area contributed by atoms with Gasteiger partial charge < -0.3 is 9.84 Å². The molecule has 0 fully saturated rings. The van der Waals surface area contributed by atoms with Gasteiger partial charge in [0.1, 0.15) is 5.69 Å². The number of para-hydroxylation sites is 1. The molecule has 0 radical (unpaired) electrons. The molecule has 1 atom stereocenters. The standard InChI is InChI=1S/C27H21ClN6O3S/c1-15-12-24(35)30-31-25(15)16-6-8-17(9-7-16)29-27(36)26-19-4-2-3-5-20(19)34(32-26)14-18-13-21(37-33-18)22-10-11-23(28)38-22/h2-11,13,15H,12,14H2,1H3,(H,29,36)(H,30,35). The summed E-state index contributed by atoms with van der Waals surface area (Å²) in [7, 11) is 0. The molecule has 1 unspecified atom stereocenters. The second kappa shape index (κ2) is 9.88. The number of rotatable bonds is 6. The van der Waals surface area contributed by atoms with E-state index >= 15 is 0 Å². The molecule has 5 aromatic rings. The van der Waals surface area contributed by atoms with Gasteiger partial charge >= 0.3 is 0 Å². The molecule has 4 heterocycles. The Hall–Kier alpha value is -4.28. The zero-order valence-corrected chi connectivity index (χ0v) is 21.7. The highest BCUT2D eigenvalue weighted by atomic mass is 35.5. The van der Waals surface area contributed by atoms with Crippen LogP contribution in [0.25, 0.3) is 21.5 Å². The molecule has 0 spiro atoms. The van der Waals surface area contributed by atoms with E-state index in [2.05, 4.69) is 26.1 Å². The molecular formula is C27H21ClN6O3S. The van der Waals surface area contributed by atoms with Gasteiger partial charge in [0.25, 0.3) is 5.91 Å². The Kier molecular flexibility index (Phi) is 6.26. The number of hydrogen-bond donors (Lipinski definition) is 2. The smallest absolute Gasteiger partial charge is 0.276 e. The van der Waals surface area contributed by atoms with Crippen molar-refractivity contribution in [1.82, 2.24) is 20.4 Å². The third-order valence-electron chi connectivity index (χ3n) is 6.26. The molecule has 190 valence electrons. The normalized spacial score (nSPS) is 15.4. The van der Waals surface area contributed by atoms with Crippen molar-refractivity contribution in [1.29, 1.82) is 0 Å². The zero-order chi connectivity index (χ0) is 26.2. The first kappa shape index (κ1) is 24.1. The summed E-state index contributed by atoms with van der Waals surface area (Å²) in [4.78, 5) is 25.7. The number of carbonyl (C=O) groups is 2. The molecule has 2 aromatic carbocycles. The third kappa shape index (κ3) is 4.71. The molecule has 0 bridgehead atoms. The number of halogens is 1. The molecule has 1 aliphatic rings. The van der Waals surface area contributed by atoms with Crippen molar-refractivity contribution in [2.75, 3.05) is 5.32 Å². The summed E-state index contributed by atoms with van der Waals surface area (Å²) in [6, 6.07) is 20.5. The summed E-state index contributed by atoms with van der Waals surface area (Å²) in [6.07, 6.45) is 0.394. The third-order valence-corrected chi connectivity index (χ3v) is 7.50. The fraction of sp³-hybridized carbons (Fsp3) is 0.148. The lowest BCUT2D eigenvalue weighted by molar-refractivity contribution is -0.121. The van der Waals surface area contributed by atoms with E-state index < -0.39 is 0 Å². The van der Waals surface area contributed by atoms with Gasteiger partial charge in [-0.25, -0.2) is 5.43 Å². The SMILES string of the molecule is CC1CC(=O)NN=C1c1ccc(NC(=O)c2nn(Cc3cc(-c4ccc(Cl)s4)on3)c3ccccc23)cc1. The van der Waals surface area contributed by atoms with E-state index in [1.165, 1.54) is 11.3 Å². The Morgan fingerprint density at radius 2 is 2.00 bits per heavy atom. The van der Waals surface area contributed by atoms with E-state index in [9.17, 15) is 9.59 Å². The van der Waals surface area contributed by atoms with Crippen molar-refractivity contribution >= 4 is 57.1 Å². The first-order chi connectivity index (χ1) is 18.4. The molecule has 2 N–H and O–H groups in total. The lowest BCUT2D eigenvalue weighted by atomic mass is 9.94. The summed E-state index contributed by atoms with van der Waals surface area (Å²) in [5, 5.41) is 16.7. The summed E-state index contributed by atoms with van der Waals surface area (Å²) >= 11 is 7.46. The van der Waals surface area contributed by atoms with Gasteiger partial charge in [0.2, 0.25) is 5.91 Å². The lowest BCUT2D eigenvalue weighted by Gasteiger charge is -2.19. The van der Waals surface area contributed by atoms with E-state index in [1.54, 1.807) is 4.68 Å². The maximum atomic E-state index is 13.3. The van der Waals surface area contributed by atoms with Gasteiger partial charge in [-0.05, 0) is 35.9 Å². The first-order valence-corrected chi connectivity index (χ1v) is 13.1. The predicted molar refractivity (Wildman–Crippen MR) is 147 cm³/mol. The summed E-state index contributed by atoms with van der Waals surface area (Å²) in [5.41, 5.74) is 6.65. The number of nitrogens with one attached hydrogen (secondary N) is 2. The van der Waals surface area contributed by atoms with Gasteiger partial charge in [-0.2, -0.15) is 10.2 Å². The number of aromatic nitrogens is 3. The highest BCUT2D eigenvalue weighted by Crippen LogP contribution is 2.31. The average Bonchev–Trinajstić information content (AvgIpc) is 3.64. The number of carbonyl (C=O) groups excluding carboxylic acids is 2. The number of hydrogen-bond acceptors (Lipinski definition) is 7. The first-order valence-electron chi connectivity index (χ1n) is 11.9. The molecule has 11 heteroatoms. The van der Waals surface area contributed by atoms with E-state index in [0.717, 1.165) is 27.1 Å². The zero-order valence-electron chi connectivity index (χ0n) is 20.1. The fourth-order valence-electron chi connectivity index (χ4n) is 4.44. The number of fused-ring (bicyclic) bond motifs is 1. The Morgan fingerprint density at radius 3 is 2.76 bits per heavy atom. The number of hydrazone groups is 1. The van der Waals surface area contributed by atoms with Crippen LogP contribution in [-0.4, -0.2) is 32.5 Å². The van der Waals surface area contributed by atoms with Crippen molar-refractivity contribution in [3.8, 4) is 10.6 Å². The van der Waals surface area contributed by atoms with Gasteiger partial charge in [0.05, 0.1) is 27.0 Å². The minimum atomic E-state index is -0.322. The Morgan fingerprint density at radius 1 is 1.18 bits per heavy atom. The lowest BCUT2D eigenvalue weighted by Crippen LogP contribution is -2.31. The van der Waals surface area contributed by atoms with E-state index in [1.807, 2.05) is 73.7 Å². The van der Waals surface area contributed by atoms with Crippen molar-refractivity contribution in [2.45, 2.75) is 19.9 Å². The maximum Gasteiger partial charge on any atom is 0.276 e. The highest BCUT2D eigenvalue weighted by Gasteiger charge is 2.22. The van der Waals surface area contributed by atoms with Gasteiger partial charge in [-0.15, -0.1) is 11.3 Å². The van der Waals surface area contributed by atoms with Crippen LogP contribution in [0.2, 0.25) is 4.34 Å². The molecule has 0 saturated heterocycles. The van der Waals surface area contributed by atoms with Gasteiger partial charge in [-0.3, -0.25) is 14.3 Å². The van der Waals surface area contributed by atoms with Gasteiger partial charge in [0.15, 0.2) is 11.5 Å². The van der Waals surface area contributed by atoms with Crippen molar-refractivity contribution < 1.29 is 14.1 Å². The van der Waals surface area contributed by atoms with Crippen LogP contribution in [0.3, 0.4) is 0 Å². The summed E-state index contributed by atoms with van der Waals surface area (Å²) in [5.74, 6) is 0.236. The number of nitrogens with zero attached hydrogens (tertiary/aromatic N) is 4. The number of thiophene rings is 1. The minimum absolute atomic E-state index is 0.0171. The van der Waals surface area contributed by atoms with Crippen molar-refractivity contribution in [3.63, 3.8) is 0 Å². The largest absolute Gasteiger partial charge is 0.355 e. The molecule has 9 nitrogen and oxygen atoms in total. The number of benzene rings is 2.